The van der Waals surface area contributed by atoms with Crippen LogP contribution in [0.4, 0.5) is 11.8 Å². The topological polar surface area (TPSA) is 157 Å². The predicted molar refractivity (Wildman–Crippen MR) is 137 cm³/mol. The Morgan fingerprint density at radius 3 is 2.65 bits per heavy atom. The number of nitrogen functional groups attached to an aromatic ring is 1. The predicted octanol–water partition coefficient (Wildman–Crippen LogP) is 0.879. The van der Waals surface area contributed by atoms with Gasteiger partial charge in [0.25, 0.3) is 0 Å². The van der Waals surface area contributed by atoms with E-state index in [2.05, 4.69) is 58.5 Å². The second-order valence-electron chi connectivity index (χ2n) is 9.04. The number of methoxy groups -OCH3 is 1. The Hall–Kier alpha value is -3.81. The molecule has 1 aliphatic rings. The summed E-state index contributed by atoms with van der Waals surface area (Å²) in [7, 11) is 1.68. The van der Waals surface area contributed by atoms with Gasteiger partial charge >= 0.3 is 0 Å². The first kappa shape index (κ1) is 24.9. The number of aryl methyl sites for hydroxylation is 1. The molecule has 13 nitrogen and oxygen atoms in total. The van der Waals surface area contributed by atoms with E-state index in [4.69, 9.17) is 20.1 Å². The number of hydrogen-bond acceptors (Lipinski definition) is 12. The van der Waals surface area contributed by atoms with Gasteiger partial charge in [-0.2, -0.15) is 15.1 Å². The zero-order valence-electron chi connectivity index (χ0n) is 21.1. The summed E-state index contributed by atoms with van der Waals surface area (Å²) in [5, 5.41) is 20.9. The van der Waals surface area contributed by atoms with Gasteiger partial charge in [-0.25, -0.2) is 4.98 Å². The average molecular weight is 509 g/mol. The van der Waals surface area contributed by atoms with Crippen LogP contribution >= 0.6 is 0 Å². The van der Waals surface area contributed by atoms with Crippen LogP contribution in [-0.4, -0.2) is 91.2 Å². The molecule has 1 fully saturated rings. The van der Waals surface area contributed by atoms with Crippen molar-refractivity contribution in [2.45, 2.75) is 26.6 Å². The summed E-state index contributed by atoms with van der Waals surface area (Å²) in [4.78, 5) is 17.7. The Labute approximate surface area is 214 Å². The molecule has 4 N–H and O–H groups in total. The van der Waals surface area contributed by atoms with Crippen LogP contribution in [-0.2, 0) is 19.6 Å². The van der Waals surface area contributed by atoms with Gasteiger partial charge in [0, 0.05) is 51.8 Å². The second-order valence-corrected chi connectivity index (χ2v) is 9.04. The molecule has 0 spiro atoms. The van der Waals surface area contributed by atoms with Crippen molar-refractivity contribution in [1.82, 2.24) is 39.7 Å². The maximum Gasteiger partial charge on any atom is 0.223 e. The lowest BCUT2D eigenvalue weighted by atomic mass is 10.1. The van der Waals surface area contributed by atoms with Gasteiger partial charge in [0.05, 0.1) is 33.0 Å². The standard InChI is InChI=1S/C24H32N10O3/c1-16-28-21(31-37-16)13-26-23-22-19(29-24(25)30-23)12-27-34(22)15-18-4-3-17(11-20(18)36-2)14-33-7-5-32(6-8-33)9-10-35/h3-4,11-12,35H,5-10,13-15H2,1-2H3,(H3,25,26,29,30). The molecule has 1 aromatic carbocycles. The van der Waals surface area contributed by atoms with Gasteiger partial charge in [0.15, 0.2) is 11.6 Å². The van der Waals surface area contributed by atoms with Crippen molar-refractivity contribution in [1.29, 1.82) is 0 Å². The van der Waals surface area contributed by atoms with Crippen molar-refractivity contribution in [3.8, 4) is 5.75 Å². The van der Waals surface area contributed by atoms with Gasteiger partial charge in [-0.1, -0.05) is 17.3 Å². The average Bonchev–Trinajstić information content (AvgIpc) is 3.50. The van der Waals surface area contributed by atoms with Gasteiger partial charge < -0.3 is 25.4 Å². The number of fused-ring (bicyclic) bond motifs is 1. The number of nitrogens with two attached hydrogens (primary N) is 1. The van der Waals surface area contributed by atoms with E-state index in [1.807, 2.05) is 4.68 Å². The molecule has 0 amide bonds. The number of nitrogens with one attached hydrogen (secondary N) is 1. The summed E-state index contributed by atoms with van der Waals surface area (Å²) in [6.45, 7) is 8.22. The van der Waals surface area contributed by atoms with Crippen LogP contribution in [0.2, 0.25) is 0 Å². The maximum absolute atomic E-state index is 9.16. The van der Waals surface area contributed by atoms with Crippen molar-refractivity contribution < 1.29 is 14.4 Å². The number of rotatable bonds is 10. The maximum atomic E-state index is 9.16. The third-order valence-corrected chi connectivity index (χ3v) is 6.45. The minimum absolute atomic E-state index is 0.151. The summed E-state index contributed by atoms with van der Waals surface area (Å²) in [6, 6.07) is 6.31. The number of nitrogens with zero attached hydrogens (tertiary/aromatic N) is 8. The highest BCUT2D eigenvalue weighted by Gasteiger charge is 2.18. The number of hydrogen-bond donors (Lipinski definition) is 3. The van der Waals surface area contributed by atoms with Crippen molar-refractivity contribution in [3.63, 3.8) is 0 Å². The zero-order valence-corrected chi connectivity index (χ0v) is 21.1. The molecule has 0 saturated carbocycles. The molecule has 1 aliphatic heterocycles. The van der Waals surface area contributed by atoms with E-state index >= 15 is 0 Å². The summed E-state index contributed by atoms with van der Waals surface area (Å²) in [5.41, 5.74) is 9.47. The van der Waals surface area contributed by atoms with Crippen molar-refractivity contribution >= 4 is 22.8 Å². The van der Waals surface area contributed by atoms with E-state index < -0.39 is 0 Å². The van der Waals surface area contributed by atoms with Crippen molar-refractivity contribution in [2.24, 2.45) is 0 Å². The normalized spacial score (nSPS) is 14.9. The van der Waals surface area contributed by atoms with Crippen molar-refractivity contribution in [3.05, 3.63) is 47.2 Å². The monoisotopic (exact) mass is 508 g/mol. The molecular weight excluding hydrogens is 476 g/mol. The lowest BCUT2D eigenvalue weighted by Gasteiger charge is -2.34. The highest BCUT2D eigenvalue weighted by atomic mass is 16.5. The van der Waals surface area contributed by atoms with Crippen LogP contribution in [0, 0.1) is 6.92 Å². The van der Waals surface area contributed by atoms with Gasteiger partial charge in [-0.3, -0.25) is 14.5 Å². The van der Waals surface area contributed by atoms with Crippen LogP contribution < -0.4 is 15.8 Å². The fraction of sp³-hybridized carbons (Fsp3) is 0.458. The van der Waals surface area contributed by atoms with E-state index in [9.17, 15) is 0 Å². The van der Waals surface area contributed by atoms with Crippen LogP contribution in [0.15, 0.2) is 28.9 Å². The fourth-order valence-corrected chi connectivity index (χ4v) is 4.59. The van der Waals surface area contributed by atoms with Crippen molar-refractivity contribution in [2.75, 3.05) is 57.5 Å². The van der Waals surface area contributed by atoms with Gasteiger partial charge in [0.1, 0.15) is 16.8 Å². The lowest BCUT2D eigenvalue weighted by Crippen LogP contribution is -2.46. The summed E-state index contributed by atoms with van der Waals surface area (Å²) in [6.07, 6.45) is 1.67. The van der Waals surface area contributed by atoms with E-state index in [0.717, 1.165) is 56.1 Å². The Kier molecular flexibility index (Phi) is 7.44. The highest BCUT2D eigenvalue weighted by Crippen LogP contribution is 2.26. The molecule has 5 rings (SSSR count). The molecule has 0 radical (unpaired) electrons. The highest BCUT2D eigenvalue weighted by molar-refractivity contribution is 5.86. The zero-order chi connectivity index (χ0) is 25.8. The first-order valence-electron chi connectivity index (χ1n) is 12.3. The smallest absolute Gasteiger partial charge is 0.223 e. The SMILES string of the molecule is COc1cc(CN2CCN(CCO)CC2)ccc1Cn1ncc2nc(N)nc(NCc3noc(C)n3)c21. The summed E-state index contributed by atoms with van der Waals surface area (Å²) < 4.78 is 12.6. The lowest BCUT2D eigenvalue weighted by molar-refractivity contribution is 0.108. The first-order chi connectivity index (χ1) is 18.0. The Morgan fingerprint density at radius 1 is 1.11 bits per heavy atom. The van der Waals surface area contributed by atoms with E-state index in [-0.39, 0.29) is 12.6 Å². The number of aliphatic hydroxyl groups is 1. The number of anilines is 2. The largest absolute Gasteiger partial charge is 0.496 e. The molecule has 0 bridgehead atoms. The fourth-order valence-electron chi connectivity index (χ4n) is 4.59. The molecule has 0 aliphatic carbocycles. The molecule has 0 atom stereocenters. The van der Waals surface area contributed by atoms with Crippen LogP contribution in [0.5, 0.6) is 5.75 Å². The first-order valence-corrected chi connectivity index (χ1v) is 12.3. The number of aliphatic hydroxyl groups excluding tert-OH is 1. The Morgan fingerprint density at radius 2 is 1.92 bits per heavy atom. The van der Waals surface area contributed by atoms with Crippen LogP contribution in [0.1, 0.15) is 22.8 Å². The Bertz CT molecular complexity index is 1350. The molecule has 196 valence electrons. The minimum Gasteiger partial charge on any atom is -0.496 e. The molecule has 37 heavy (non-hydrogen) atoms. The van der Waals surface area contributed by atoms with E-state index in [1.54, 1.807) is 20.2 Å². The van der Waals surface area contributed by atoms with Crippen LogP contribution in [0.25, 0.3) is 11.0 Å². The van der Waals surface area contributed by atoms with Gasteiger partial charge in [0.2, 0.25) is 11.8 Å². The second kappa shape index (κ2) is 11.1. The third-order valence-electron chi connectivity index (χ3n) is 6.45. The number of ether oxygens (including phenoxy) is 1. The molecular formula is C24H32N10O3. The molecule has 13 heteroatoms. The quantitative estimate of drug-likeness (QED) is 0.278. The van der Waals surface area contributed by atoms with Gasteiger partial charge in [-0.15, -0.1) is 0 Å². The summed E-state index contributed by atoms with van der Waals surface area (Å²) in [5.74, 6) is 2.50. The molecule has 0 unspecified atom stereocenters. The van der Waals surface area contributed by atoms with E-state index in [1.165, 1.54) is 5.56 Å². The van der Waals surface area contributed by atoms with Gasteiger partial charge in [-0.05, 0) is 11.6 Å². The third kappa shape index (κ3) is 5.79. The molecule has 4 aromatic rings. The van der Waals surface area contributed by atoms with E-state index in [0.29, 0.717) is 36.1 Å². The molecule has 1 saturated heterocycles. The number of benzene rings is 1. The number of β-amino-alcohol motifs (C(OH)–C–C–N with tert-alkyl or cyclic N) is 1. The minimum atomic E-state index is 0.151. The van der Waals surface area contributed by atoms with Crippen LogP contribution in [0.3, 0.4) is 0 Å². The molecule has 4 heterocycles. The Balaban J connectivity index is 1.32. The number of piperazine rings is 1. The number of aromatic nitrogens is 6. The summed E-state index contributed by atoms with van der Waals surface area (Å²) >= 11 is 0. The molecule has 3 aromatic heterocycles.